The number of hydrogen-bond donors (Lipinski definition) is 1. The Hall–Kier alpha value is -0.240. The highest BCUT2D eigenvalue weighted by Gasteiger charge is 2.07. The van der Waals surface area contributed by atoms with Gasteiger partial charge in [-0.3, -0.25) is 0 Å². The van der Waals surface area contributed by atoms with Crippen molar-refractivity contribution in [1.29, 1.82) is 0 Å². The zero-order chi connectivity index (χ0) is 12.0. The van der Waals surface area contributed by atoms with Crippen molar-refractivity contribution in [3.05, 3.63) is 34.9 Å². The molecule has 90 valence electrons. The topological polar surface area (TPSA) is 12.0 Å². The van der Waals surface area contributed by atoms with Gasteiger partial charge in [0.05, 0.1) is 0 Å². The first kappa shape index (κ1) is 13.8. The minimum atomic E-state index is 0.197. The van der Waals surface area contributed by atoms with Crippen molar-refractivity contribution in [2.24, 2.45) is 5.92 Å². The van der Waals surface area contributed by atoms with Crippen LogP contribution in [0.15, 0.2) is 24.3 Å². The molecule has 1 atom stereocenters. The minimum Gasteiger partial charge on any atom is -0.311 e. The van der Waals surface area contributed by atoms with Gasteiger partial charge in [0.15, 0.2) is 0 Å². The highest BCUT2D eigenvalue weighted by molar-refractivity contribution is 6.31. The number of alkyl halides is 1. The highest BCUT2D eigenvalue weighted by atomic mass is 35.5. The van der Waals surface area contributed by atoms with E-state index >= 15 is 0 Å². The van der Waals surface area contributed by atoms with Crippen LogP contribution in [0, 0.1) is 5.92 Å². The van der Waals surface area contributed by atoms with Gasteiger partial charge in [-0.2, -0.15) is 0 Å². The van der Waals surface area contributed by atoms with Crippen molar-refractivity contribution in [1.82, 2.24) is 5.32 Å². The first-order valence-corrected chi connectivity index (χ1v) is 6.49. The summed E-state index contributed by atoms with van der Waals surface area (Å²) in [6.45, 7) is 5.97. The third-order valence-electron chi connectivity index (χ3n) is 2.37. The van der Waals surface area contributed by atoms with E-state index in [0.717, 1.165) is 30.1 Å². The summed E-state index contributed by atoms with van der Waals surface area (Å²) in [5.41, 5.74) is 1.12. The monoisotopic (exact) mass is 259 g/mol. The van der Waals surface area contributed by atoms with E-state index in [-0.39, 0.29) is 5.38 Å². The quantitative estimate of drug-likeness (QED) is 0.760. The molecular formula is C13H19Cl2N. The minimum absolute atomic E-state index is 0.197. The fourth-order valence-corrected chi connectivity index (χ4v) is 2.27. The Morgan fingerprint density at radius 1 is 1.25 bits per heavy atom. The largest absolute Gasteiger partial charge is 0.311 e. The molecule has 0 heterocycles. The molecule has 1 aromatic rings. The maximum atomic E-state index is 6.19. The Labute approximate surface area is 108 Å². The average Bonchev–Trinajstić information content (AvgIpc) is 2.19. The smallest absolute Gasteiger partial charge is 0.0463 e. The van der Waals surface area contributed by atoms with E-state index < -0.39 is 0 Å². The Morgan fingerprint density at radius 2 is 1.94 bits per heavy atom. The predicted molar refractivity (Wildman–Crippen MR) is 72.3 cm³/mol. The number of nitrogens with one attached hydrogen (secondary N) is 1. The molecule has 0 radical (unpaired) electrons. The molecule has 1 aromatic carbocycles. The molecule has 0 aromatic heterocycles. The van der Waals surface area contributed by atoms with Gasteiger partial charge in [0.1, 0.15) is 0 Å². The lowest BCUT2D eigenvalue weighted by atomic mass is 10.1. The second kappa shape index (κ2) is 7.16. The molecule has 0 aliphatic heterocycles. The van der Waals surface area contributed by atoms with E-state index in [2.05, 4.69) is 19.2 Å². The van der Waals surface area contributed by atoms with Crippen molar-refractivity contribution in [2.75, 3.05) is 6.54 Å². The summed E-state index contributed by atoms with van der Waals surface area (Å²) in [6.07, 6.45) is 1.04. The summed E-state index contributed by atoms with van der Waals surface area (Å²) >= 11 is 12.2. The van der Waals surface area contributed by atoms with Crippen LogP contribution in [0.2, 0.25) is 5.02 Å². The Morgan fingerprint density at radius 3 is 2.56 bits per heavy atom. The van der Waals surface area contributed by atoms with Crippen molar-refractivity contribution >= 4 is 23.2 Å². The summed E-state index contributed by atoms with van der Waals surface area (Å²) in [5, 5.41) is 4.34. The van der Waals surface area contributed by atoms with Crippen LogP contribution in [0.3, 0.4) is 0 Å². The maximum absolute atomic E-state index is 6.19. The van der Waals surface area contributed by atoms with E-state index in [9.17, 15) is 0 Å². The van der Waals surface area contributed by atoms with Gasteiger partial charge in [-0.05, 0) is 24.0 Å². The van der Waals surface area contributed by atoms with Gasteiger partial charge in [-0.15, -0.1) is 11.6 Å². The summed E-state index contributed by atoms with van der Waals surface area (Å²) < 4.78 is 0. The SMILES string of the molecule is CC(C)CC(Cl)CNCc1ccccc1Cl. The van der Waals surface area contributed by atoms with Crippen LogP contribution in [0.5, 0.6) is 0 Å². The lowest BCUT2D eigenvalue weighted by molar-refractivity contribution is 0.533. The third-order valence-corrected chi connectivity index (χ3v) is 3.07. The van der Waals surface area contributed by atoms with Crippen molar-refractivity contribution in [3.8, 4) is 0 Å². The van der Waals surface area contributed by atoms with Crippen molar-refractivity contribution in [2.45, 2.75) is 32.2 Å². The second-order valence-electron chi connectivity index (χ2n) is 4.45. The van der Waals surface area contributed by atoms with Gasteiger partial charge in [0, 0.05) is 23.5 Å². The molecule has 3 heteroatoms. The average molecular weight is 260 g/mol. The van der Waals surface area contributed by atoms with E-state index in [1.165, 1.54) is 0 Å². The van der Waals surface area contributed by atoms with Crippen LogP contribution < -0.4 is 5.32 Å². The molecule has 0 saturated carbocycles. The molecule has 1 N–H and O–H groups in total. The lowest BCUT2D eigenvalue weighted by Crippen LogP contribution is -2.24. The Balaban J connectivity index is 2.28. The molecule has 1 unspecified atom stereocenters. The predicted octanol–water partition coefficient (Wildman–Crippen LogP) is 4.08. The van der Waals surface area contributed by atoms with Gasteiger partial charge in [-0.25, -0.2) is 0 Å². The third kappa shape index (κ3) is 5.20. The Kier molecular flexibility index (Phi) is 6.18. The highest BCUT2D eigenvalue weighted by Crippen LogP contribution is 2.15. The molecule has 0 aliphatic carbocycles. The summed E-state index contributed by atoms with van der Waals surface area (Å²) in [7, 11) is 0. The van der Waals surface area contributed by atoms with Crippen molar-refractivity contribution in [3.63, 3.8) is 0 Å². The molecule has 0 bridgehead atoms. The standard InChI is InChI=1S/C13H19Cl2N/c1-10(2)7-12(14)9-16-8-11-5-3-4-6-13(11)15/h3-6,10,12,16H,7-9H2,1-2H3. The fraction of sp³-hybridized carbons (Fsp3) is 0.538. The van der Waals surface area contributed by atoms with Crippen LogP contribution in [0.4, 0.5) is 0 Å². The molecule has 16 heavy (non-hydrogen) atoms. The lowest BCUT2D eigenvalue weighted by Gasteiger charge is -2.13. The van der Waals surface area contributed by atoms with Crippen LogP contribution >= 0.6 is 23.2 Å². The molecule has 0 saturated heterocycles. The van der Waals surface area contributed by atoms with Crippen LogP contribution in [0.1, 0.15) is 25.8 Å². The van der Waals surface area contributed by atoms with Crippen LogP contribution in [0.25, 0.3) is 0 Å². The molecule has 0 amide bonds. The molecule has 1 nitrogen and oxygen atoms in total. The van der Waals surface area contributed by atoms with Crippen molar-refractivity contribution < 1.29 is 0 Å². The number of hydrogen-bond acceptors (Lipinski definition) is 1. The molecule has 0 fully saturated rings. The van der Waals surface area contributed by atoms with Crippen LogP contribution in [-0.2, 0) is 6.54 Å². The maximum Gasteiger partial charge on any atom is 0.0463 e. The molecule has 0 aliphatic rings. The summed E-state index contributed by atoms with van der Waals surface area (Å²) in [5.74, 6) is 0.643. The first-order valence-electron chi connectivity index (χ1n) is 5.67. The number of rotatable bonds is 6. The molecule has 0 spiro atoms. The second-order valence-corrected chi connectivity index (χ2v) is 5.47. The van der Waals surface area contributed by atoms with E-state index in [1.807, 2.05) is 24.3 Å². The fourth-order valence-electron chi connectivity index (χ4n) is 1.60. The van der Waals surface area contributed by atoms with Gasteiger partial charge < -0.3 is 5.32 Å². The summed E-state index contributed by atoms with van der Waals surface area (Å²) in [4.78, 5) is 0. The Bertz CT molecular complexity index is 313. The zero-order valence-corrected chi connectivity index (χ0v) is 11.4. The van der Waals surface area contributed by atoms with Gasteiger partial charge in [-0.1, -0.05) is 43.6 Å². The van der Waals surface area contributed by atoms with Crippen LogP contribution in [-0.4, -0.2) is 11.9 Å². The van der Waals surface area contributed by atoms with E-state index in [4.69, 9.17) is 23.2 Å². The number of halogens is 2. The van der Waals surface area contributed by atoms with Gasteiger partial charge in [0.2, 0.25) is 0 Å². The zero-order valence-electron chi connectivity index (χ0n) is 9.84. The van der Waals surface area contributed by atoms with E-state index in [1.54, 1.807) is 0 Å². The first-order chi connectivity index (χ1) is 7.59. The summed E-state index contributed by atoms with van der Waals surface area (Å²) in [6, 6.07) is 7.87. The van der Waals surface area contributed by atoms with Gasteiger partial charge >= 0.3 is 0 Å². The number of benzene rings is 1. The molecule has 1 rings (SSSR count). The van der Waals surface area contributed by atoms with E-state index in [0.29, 0.717) is 5.92 Å². The molecular weight excluding hydrogens is 241 g/mol. The normalized spacial score (nSPS) is 13.1. The van der Waals surface area contributed by atoms with Gasteiger partial charge in [0.25, 0.3) is 0 Å².